The van der Waals surface area contributed by atoms with Crippen LogP contribution in [0.4, 0.5) is 0 Å². The minimum absolute atomic E-state index is 0.112. The number of benzene rings is 1. The molecule has 0 radical (unpaired) electrons. The van der Waals surface area contributed by atoms with Crippen molar-refractivity contribution in [2.75, 3.05) is 19.7 Å². The molecule has 5 heterocycles. The van der Waals surface area contributed by atoms with Gasteiger partial charge in [-0.1, -0.05) is 45.0 Å². The third-order valence-corrected chi connectivity index (χ3v) is 8.21. The Morgan fingerprint density at radius 2 is 1.83 bits per heavy atom. The lowest BCUT2D eigenvalue weighted by Crippen LogP contribution is -2.59. The Labute approximate surface area is 237 Å². The molecule has 41 heavy (non-hydrogen) atoms. The number of piperazine rings is 1. The number of esters is 1. The zero-order valence-electron chi connectivity index (χ0n) is 23.3. The predicted octanol–water partition coefficient (Wildman–Crippen LogP) is 3.16. The number of fused-ring (bicyclic) bond motifs is 3. The molecule has 1 aromatic carbocycles. The molecular formula is C31H33N5O5. The third-order valence-electron chi connectivity index (χ3n) is 8.21. The zero-order chi connectivity index (χ0) is 28.9. The van der Waals surface area contributed by atoms with Crippen LogP contribution in [-0.4, -0.2) is 81.3 Å². The second-order valence-electron chi connectivity index (χ2n) is 12.1. The Kier molecular flexibility index (Phi) is 6.63. The van der Waals surface area contributed by atoms with Crippen molar-refractivity contribution < 1.29 is 23.9 Å². The Morgan fingerprint density at radius 1 is 1.07 bits per heavy atom. The number of H-pyrrole nitrogens is 1. The lowest BCUT2D eigenvalue weighted by Gasteiger charge is -2.39. The molecule has 212 valence electrons. The Bertz CT molecular complexity index is 1530. The normalized spacial score (nSPS) is 21.0. The van der Waals surface area contributed by atoms with E-state index in [0.717, 1.165) is 22.0 Å². The van der Waals surface area contributed by atoms with E-state index in [1.165, 1.54) is 0 Å². The number of amides is 3. The smallest absolute Gasteiger partial charge is 0.310 e. The number of carbonyl (C=O) groups excluding carboxylic acids is 4. The van der Waals surface area contributed by atoms with Crippen molar-refractivity contribution in [3.8, 4) is 0 Å². The minimum Gasteiger partial charge on any atom is -0.461 e. The topological polar surface area (TPSA) is 125 Å². The van der Waals surface area contributed by atoms with Gasteiger partial charge >= 0.3 is 5.97 Å². The van der Waals surface area contributed by atoms with E-state index < -0.39 is 11.5 Å². The van der Waals surface area contributed by atoms with E-state index >= 15 is 0 Å². The number of aromatic nitrogens is 2. The van der Waals surface area contributed by atoms with Crippen LogP contribution >= 0.6 is 0 Å². The van der Waals surface area contributed by atoms with Gasteiger partial charge in [0.05, 0.1) is 18.5 Å². The van der Waals surface area contributed by atoms with Gasteiger partial charge in [0.25, 0.3) is 11.8 Å². The molecule has 0 unspecified atom stereocenters. The number of rotatable bonds is 5. The van der Waals surface area contributed by atoms with E-state index in [1.807, 2.05) is 56.0 Å². The van der Waals surface area contributed by atoms with Crippen molar-refractivity contribution in [2.45, 2.75) is 51.7 Å². The highest BCUT2D eigenvalue weighted by molar-refractivity contribution is 6.00. The first-order valence-corrected chi connectivity index (χ1v) is 13.9. The lowest BCUT2D eigenvalue weighted by molar-refractivity contribution is -0.141. The number of ether oxygens (including phenoxy) is 1. The number of hydrogen-bond donors (Lipinski definition) is 2. The summed E-state index contributed by atoms with van der Waals surface area (Å²) < 4.78 is 4.95. The highest BCUT2D eigenvalue weighted by Gasteiger charge is 2.50. The number of aromatic amines is 1. The second-order valence-corrected chi connectivity index (χ2v) is 12.1. The Hall–Kier alpha value is -4.47. The first-order chi connectivity index (χ1) is 19.6. The average Bonchev–Trinajstić information content (AvgIpc) is 3.69. The van der Waals surface area contributed by atoms with Crippen molar-refractivity contribution in [2.24, 2.45) is 5.41 Å². The third kappa shape index (κ3) is 5.10. The number of para-hydroxylation sites is 1. The number of cyclic esters (lactones) is 1. The second kappa shape index (κ2) is 10.2. The lowest BCUT2D eigenvalue weighted by atomic mass is 9.85. The van der Waals surface area contributed by atoms with Crippen LogP contribution in [0.5, 0.6) is 0 Å². The molecule has 3 aliphatic rings. The molecule has 2 bridgehead atoms. The molecule has 3 aromatic rings. The van der Waals surface area contributed by atoms with Crippen LogP contribution in [0.3, 0.4) is 0 Å². The van der Waals surface area contributed by atoms with Crippen molar-refractivity contribution in [3.05, 3.63) is 71.7 Å². The highest BCUT2D eigenvalue weighted by Crippen LogP contribution is 2.34. The van der Waals surface area contributed by atoms with E-state index in [0.29, 0.717) is 30.9 Å². The summed E-state index contributed by atoms with van der Waals surface area (Å²) in [7, 11) is 0. The Morgan fingerprint density at radius 3 is 2.49 bits per heavy atom. The molecular weight excluding hydrogens is 522 g/mol. The van der Waals surface area contributed by atoms with Gasteiger partial charge in [-0.2, -0.15) is 0 Å². The van der Waals surface area contributed by atoms with E-state index in [-0.39, 0.29) is 48.8 Å². The van der Waals surface area contributed by atoms with E-state index in [1.54, 1.807) is 29.3 Å². The van der Waals surface area contributed by atoms with Gasteiger partial charge in [-0.15, -0.1) is 0 Å². The number of carbonyl (C=O) groups is 4. The number of nitrogens with one attached hydrogen (secondary N) is 2. The van der Waals surface area contributed by atoms with Crippen LogP contribution < -0.4 is 5.32 Å². The van der Waals surface area contributed by atoms with Gasteiger partial charge in [0, 0.05) is 30.2 Å². The summed E-state index contributed by atoms with van der Waals surface area (Å²) in [5.74, 6) is -0.914. The monoisotopic (exact) mass is 555 g/mol. The van der Waals surface area contributed by atoms with Gasteiger partial charge in [0.15, 0.2) is 0 Å². The van der Waals surface area contributed by atoms with E-state index in [4.69, 9.17) is 4.74 Å². The summed E-state index contributed by atoms with van der Waals surface area (Å²) in [6.45, 7) is 6.88. The molecule has 3 aliphatic heterocycles. The molecule has 6 rings (SSSR count). The van der Waals surface area contributed by atoms with Crippen molar-refractivity contribution >= 4 is 40.2 Å². The maximum Gasteiger partial charge on any atom is 0.310 e. The molecule has 2 saturated heterocycles. The van der Waals surface area contributed by atoms with Crippen LogP contribution in [0.2, 0.25) is 0 Å². The van der Waals surface area contributed by atoms with E-state index in [2.05, 4.69) is 15.3 Å². The number of nitrogens with zero attached hydrogens (tertiary/aromatic N) is 3. The van der Waals surface area contributed by atoms with Crippen molar-refractivity contribution in [1.29, 1.82) is 0 Å². The van der Waals surface area contributed by atoms with Crippen LogP contribution in [0, 0.1) is 5.41 Å². The molecule has 0 spiro atoms. The largest absolute Gasteiger partial charge is 0.461 e. The fourth-order valence-electron chi connectivity index (χ4n) is 6.00. The van der Waals surface area contributed by atoms with E-state index in [9.17, 15) is 19.2 Å². The summed E-state index contributed by atoms with van der Waals surface area (Å²) in [4.78, 5) is 63.1. The summed E-state index contributed by atoms with van der Waals surface area (Å²) in [6.07, 6.45) is 4.34. The summed E-state index contributed by atoms with van der Waals surface area (Å²) in [5, 5.41) is 3.91. The fourth-order valence-corrected chi connectivity index (χ4v) is 6.00. The zero-order valence-corrected chi connectivity index (χ0v) is 23.3. The molecule has 3 atom stereocenters. The molecule has 2 aromatic heterocycles. The summed E-state index contributed by atoms with van der Waals surface area (Å²) in [6, 6.07) is 12.0. The van der Waals surface area contributed by atoms with Gasteiger partial charge in [-0.05, 0) is 47.2 Å². The maximum atomic E-state index is 13.8. The van der Waals surface area contributed by atoms with Gasteiger partial charge in [0.2, 0.25) is 5.91 Å². The molecule has 10 heteroatoms. The standard InChI is InChI=1S/C31H33N5O5/c1-31(2,3)27(34-28(38)25-12-19-6-4-5-7-23(19)33-25)30(40)36-17-21-14-22(36)16-35(21)29(39)24-9-8-20(15-32-24)18-10-11-41-26(37)13-18/h4-10,12,15,21-22,27,33H,11,13-14,16-17H2,1-3H3,(H,34,38)/t21-,22-,27+/m0/s1. The highest BCUT2D eigenvalue weighted by atomic mass is 16.5. The van der Waals surface area contributed by atoms with Crippen LogP contribution in [0.25, 0.3) is 16.5 Å². The minimum atomic E-state index is -0.731. The van der Waals surface area contributed by atoms with Crippen molar-refractivity contribution in [3.63, 3.8) is 0 Å². The molecule has 2 N–H and O–H groups in total. The van der Waals surface area contributed by atoms with Gasteiger partial charge < -0.3 is 24.8 Å². The van der Waals surface area contributed by atoms with Gasteiger partial charge in [0.1, 0.15) is 24.0 Å². The Balaban J connectivity index is 1.12. The molecule has 2 fully saturated rings. The number of likely N-dealkylation sites (tertiary alicyclic amines) is 2. The average molecular weight is 556 g/mol. The summed E-state index contributed by atoms with van der Waals surface area (Å²) >= 11 is 0. The van der Waals surface area contributed by atoms with Gasteiger partial charge in [-0.3, -0.25) is 24.2 Å². The number of pyridine rings is 1. The first kappa shape index (κ1) is 26.7. The molecule has 10 nitrogen and oxygen atoms in total. The number of hydrogen-bond acceptors (Lipinski definition) is 6. The quantitative estimate of drug-likeness (QED) is 0.466. The van der Waals surface area contributed by atoms with Gasteiger partial charge in [-0.25, -0.2) is 0 Å². The van der Waals surface area contributed by atoms with Crippen LogP contribution in [0.1, 0.15) is 60.2 Å². The molecule has 0 aliphatic carbocycles. The van der Waals surface area contributed by atoms with Crippen LogP contribution in [-0.2, 0) is 14.3 Å². The summed E-state index contributed by atoms with van der Waals surface area (Å²) in [5.41, 5.74) is 2.71. The first-order valence-electron chi connectivity index (χ1n) is 13.9. The SMILES string of the molecule is CC(C)(C)[C@H](NC(=O)c1cc2ccccc2[nH]1)C(=O)N1C[C@@H]2C[C@H]1CN2C(=O)c1ccc(C2=CCOC(=O)C2)cn1. The van der Waals surface area contributed by atoms with Crippen molar-refractivity contribution in [1.82, 2.24) is 25.1 Å². The van der Waals surface area contributed by atoms with Crippen LogP contribution in [0.15, 0.2) is 54.7 Å². The molecule has 0 saturated carbocycles. The fraction of sp³-hybridized carbons (Fsp3) is 0.387. The molecule has 3 amide bonds. The maximum absolute atomic E-state index is 13.8. The predicted molar refractivity (Wildman–Crippen MR) is 152 cm³/mol.